The number of nitrogens with one attached hydrogen (secondary N) is 1. The summed E-state index contributed by atoms with van der Waals surface area (Å²) in [7, 11) is -3.41. The van der Waals surface area contributed by atoms with Crippen LogP contribution in [0.4, 0.5) is 0 Å². The van der Waals surface area contributed by atoms with Crippen LogP contribution in [0.2, 0.25) is 0 Å². The molecule has 0 saturated heterocycles. The second kappa shape index (κ2) is 7.41. The van der Waals surface area contributed by atoms with E-state index in [9.17, 15) is 13.2 Å². The van der Waals surface area contributed by atoms with Crippen molar-refractivity contribution >= 4 is 15.7 Å². The predicted molar refractivity (Wildman–Crippen MR) is 86.3 cm³/mol. The molecule has 1 atom stereocenters. The molecule has 6 nitrogen and oxygen atoms in total. The number of nitrogens with zero attached hydrogens (tertiary/aromatic N) is 1. The molecule has 0 spiro atoms. The highest BCUT2D eigenvalue weighted by Crippen LogP contribution is 2.12. The first-order valence-electron chi connectivity index (χ1n) is 7.32. The van der Waals surface area contributed by atoms with E-state index >= 15 is 0 Å². The van der Waals surface area contributed by atoms with E-state index in [0.717, 1.165) is 5.56 Å². The smallest absolute Gasteiger partial charge is 0.221 e. The molecule has 1 amide bonds. The molecule has 0 fully saturated rings. The number of hydrogen-bond donors (Lipinski definition) is 1. The van der Waals surface area contributed by atoms with Crippen molar-refractivity contribution in [1.82, 2.24) is 10.5 Å². The average molecular weight is 336 g/mol. The second-order valence-electron chi connectivity index (χ2n) is 5.48. The van der Waals surface area contributed by atoms with Crippen LogP contribution in [0.5, 0.6) is 0 Å². The number of rotatable bonds is 7. The van der Waals surface area contributed by atoms with Crippen LogP contribution in [0.25, 0.3) is 0 Å². The molecule has 2 rings (SSSR count). The zero-order valence-electron chi connectivity index (χ0n) is 13.2. The monoisotopic (exact) mass is 336 g/mol. The van der Waals surface area contributed by atoms with Gasteiger partial charge in [0, 0.05) is 12.5 Å². The fourth-order valence-corrected chi connectivity index (χ4v) is 3.37. The molecule has 23 heavy (non-hydrogen) atoms. The van der Waals surface area contributed by atoms with Crippen LogP contribution in [-0.4, -0.2) is 25.2 Å². The first-order chi connectivity index (χ1) is 10.9. The van der Waals surface area contributed by atoms with Gasteiger partial charge in [0.05, 0.1) is 17.5 Å². The van der Waals surface area contributed by atoms with Crippen LogP contribution in [-0.2, 0) is 20.4 Å². The Morgan fingerprint density at radius 2 is 2.00 bits per heavy atom. The van der Waals surface area contributed by atoms with Gasteiger partial charge in [-0.15, -0.1) is 0 Å². The summed E-state index contributed by atoms with van der Waals surface area (Å²) in [6, 6.07) is 10.9. The van der Waals surface area contributed by atoms with Crippen LogP contribution in [0, 0.1) is 6.92 Å². The third-order valence-corrected chi connectivity index (χ3v) is 4.91. The Kier molecular flexibility index (Phi) is 5.54. The Bertz CT molecular complexity index is 753. The summed E-state index contributed by atoms with van der Waals surface area (Å²) in [5.74, 6) is -0.464. The fraction of sp³-hybridized carbons (Fsp3) is 0.375. The van der Waals surface area contributed by atoms with Crippen LogP contribution in [0.1, 0.15) is 36.4 Å². The summed E-state index contributed by atoms with van der Waals surface area (Å²) >= 11 is 0. The quantitative estimate of drug-likeness (QED) is 0.837. The lowest BCUT2D eigenvalue weighted by Crippen LogP contribution is -2.28. The van der Waals surface area contributed by atoms with Crippen molar-refractivity contribution in [2.24, 2.45) is 0 Å². The van der Waals surface area contributed by atoms with Gasteiger partial charge < -0.3 is 9.84 Å². The third-order valence-electron chi connectivity index (χ3n) is 3.36. The van der Waals surface area contributed by atoms with Gasteiger partial charge in [-0.05, 0) is 19.4 Å². The number of carbonyl (C=O) groups is 1. The topological polar surface area (TPSA) is 89.3 Å². The minimum Gasteiger partial charge on any atom is -0.360 e. The molecular formula is C16H20N2O4S. The minimum atomic E-state index is -3.41. The highest BCUT2D eigenvalue weighted by molar-refractivity contribution is 7.90. The highest BCUT2D eigenvalue weighted by atomic mass is 32.2. The second-order valence-corrected chi connectivity index (χ2v) is 7.66. The zero-order chi connectivity index (χ0) is 16.9. The Balaban J connectivity index is 1.83. The number of hydrogen-bond acceptors (Lipinski definition) is 5. The molecule has 0 aliphatic carbocycles. The summed E-state index contributed by atoms with van der Waals surface area (Å²) in [4.78, 5) is 11.9. The molecule has 1 aromatic heterocycles. The first kappa shape index (κ1) is 17.2. The molecule has 0 bridgehead atoms. The van der Waals surface area contributed by atoms with Crippen LogP contribution >= 0.6 is 0 Å². The zero-order valence-corrected chi connectivity index (χ0v) is 14.0. The third kappa shape index (κ3) is 5.52. The van der Waals surface area contributed by atoms with Crippen LogP contribution < -0.4 is 5.32 Å². The number of sulfone groups is 1. The van der Waals surface area contributed by atoms with Crippen molar-refractivity contribution in [3.63, 3.8) is 0 Å². The maximum absolute atomic E-state index is 12.0. The Hall–Kier alpha value is -2.15. The molecule has 0 saturated carbocycles. The normalized spacial score (nSPS) is 12.8. The van der Waals surface area contributed by atoms with E-state index in [1.165, 1.54) is 0 Å². The maximum Gasteiger partial charge on any atom is 0.221 e. The number of carbonyl (C=O) groups excluding carboxylic acids is 1. The summed E-state index contributed by atoms with van der Waals surface area (Å²) in [5.41, 5.74) is 1.60. The summed E-state index contributed by atoms with van der Waals surface area (Å²) in [6.45, 7) is 3.58. The van der Waals surface area contributed by atoms with Gasteiger partial charge in [-0.1, -0.05) is 35.5 Å². The Labute approximate surface area is 135 Å². The lowest BCUT2D eigenvalue weighted by molar-refractivity contribution is -0.121. The van der Waals surface area contributed by atoms with E-state index in [0.29, 0.717) is 11.5 Å². The van der Waals surface area contributed by atoms with Crippen molar-refractivity contribution in [2.45, 2.75) is 32.1 Å². The molecular weight excluding hydrogens is 316 g/mol. The van der Waals surface area contributed by atoms with Gasteiger partial charge in [0.25, 0.3) is 0 Å². The van der Waals surface area contributed by atoms with Gasteiger partial charge in [0.2, 0.25) is 5.91 Å². The van der Waals surface area contributed by atoms with Gasteiger partial charge in [-0.25, -0.2) is 8.42 Å². The summed E-state index contributed by atoms with van der Waals surface area (Å²) in [5, 5.41) is 6.45. The Morgan fingerprint density at radius 3 is 2.61 bits per heavy atom. The molecule has 2 aromatic rings. The van der Waals surface area contributed by atoms with Crippen molar-refractivity contribution in [3.05, 3.63) is 53.4 Å². The lowest BCUT2D eigenvalue weighted by Gasteiger charge is -2.14. The van der Waals surface area contributed by atoms with E-state index in [1.54, 1.807) is 13.0 Å². The lowest BCUT2D eigenvalue weighted by atomic mass is 10.1. The Morgan fingerprint density at radius 1 is 1.30 bits per heavy atom. The molecule has 0 unspecified atom stereocenters. The fourth-order valence-electron chi connectivity index (χ4n) is 2.16. The van der Waals surface area contributed by atoms with E-state index in [4.69, 9.17) is 4.52 Å². The predicted octanol–water partition coefficient (Wildman–Crippen LogP) is 2.17. The van der Waals surface area contributed by atoms with Gasteiger partial charge in [-0.3, -0.25) is 4.79 Å². The molecule has 0 aliphatic heterocycles. The van der Waals surface area contributed by atoms with Crippen molar-refractivity contribution < 1.29 is 17.7 Å². The van der Waals surface area contributed by atoms with Crippen LogP contribution in [0.15, 0.2) is 40.9 Å². The van der Waals surface area contributed by atoms with Crippen molar-refractivity contribution in [3.8, 4) is 0 Å². The number of benzene rings is 1. The number of aromatic nitrogens is 1. The molecule has 7 heteroatoms. The molecule has 1 N–H and O–H groups in total. The van der Waals surface area contributed by atoms with E-state index in [2.05, 4.69) is 10.5 Å². The molecule has 1 aromatic carbocycles. The van der Waals surface area contributed by atoms with E-state index < -0.39 is 9.84 Å². The highest BCUT2D eigenvalue weighted by Gasteiger charge is 2.18. The number of aryl methyl sites for hydroxylation is 1. The molecule has 1 heterocycles. The maximum atomic E-state index is 12.0. The summed E-state index contributed by atoms with van der Waals surface area (Å²) in [6.07, 6.45) is -0.0768. The SMILES string of the molecule is Cc1cc(CS(=O)(=O)CCC(=O)N[C@@H](C)c2ccccc2)on1. The van der Waals surface area contributed by atoms with Gasteiger partial charge >= 0.3 is 0 Å². The van der Waals surface area contributed by atoms with Crippen molar-refractivity contribution in [1.29, 1.82) is 0 Å². The van der Waals surface area contributed by atoms with Gasteiger partial charge in [0.15, 0.2) is 15.6 Å². The largest absolute Gasteiger partial charge is 0.360 e. The van der Waals surface area contributed by atoms with E-state index in [1.807, 2.05) is 37.3 Å². The van der Waals surface area contributed by atoms with Crippen molar-refractivity contribution in [2.75, 3.05) is 5.75 Å². The van der Waals surface area contributed by atoms with Crippen LogP contribution in [0.3, 0.4) is 0 Å². The molecule has 0 aliphatic rings. The van der Waals surface area contributed by atoms with Gasteiger partial charge in [0.1, 0.15) is 5.75 Å². The average Bonchev–Trinajstić information content (AvgIpc) is 2.90. The first-order valence-corrected chi connectivity index (χ1v) is 9.15. The number of amides is 1. The summed E-state index contributed by atoms with van der Waals surface area (Å²) < 4.78 is 28.9. The molecule has 0 radical (unpaired) electrons. The minimum absolute atomic E-state index is 0.0768. The standard InChI is InChI=1S/C16H20N2O4S/c1-12-10-15(22-18-12)11-23(20,21)9-8-16(19)17-13(2)14-6-4-3-5-7-14/h3-7,10,13H,8-9,11H2,1-2H3,(H,17,19)/t13-/m0/s1. The van der Waals surface area contributed by atoms with E-state index in [-0.39, 0.29) is 29.9 Å². The molecule has 124 valence electrons. The van der Waals surface area contributed by atoms with Gasteiger partial charge in [-0.2, -0.15) is 0 Å².